The van der Waals surface area contributed by atoms with Crippen LogP contribution in [0.25, 0.3) is 0 Å². The monoisotopic (exact) mass is 263 g/mol. The van der Waals surface area contributed by atoms with Crippen LogP contribution < -0.4 is 5.32 Å². The van der Waals surface area contributed by atoms with Crippen LogP contribution in [-0.4, -0.2) is 62.4 Å². The molecule has 0 unspecified atom stereocenters. The summed E-state index contributed by atoms with van der Waals surface area (Å²) in [6.07, 6.45) is 4.29. The number of aliphatic hydroxyl groups is 2. The predicted octanol–water partition coefficient (Wildman–Crippen LogP) is 0.543. The van der Waals surface area contributed by atoms with Gasteiger partial charge in [-0.25, -0.2) is 0 Å². The molecule has 0 aromatic heterocycles. The first-order chi connectivity index (χ1) is 8.81. The van der Waals surface area contributed by atoms with E-state index in [1.807, 2.05) is 0 Å². The van der Waals surface area contributed by atoms with E-state index in [0.29, 0.717) is 32.9 Å². The van der Waals surface area contributed by atoms with Crippen LogP contribution in [0.3, 0.4) is 0 Å². The lowest BCUT2D eigenvalue weighted by Crippen LogP contribution is -2.32. The van der Waals surface area contributed by atoms with Gasteiger partial charge in [0.25, 0.3) is 0 Å². The van der Waals surface area contributed by atoms with Gasteiger partial charge in [-0.15, -0.1) is 0 Å². The molecule has 110 valence electrons. The maximum atomic E-state index is 9.59. The lowest BCUT2D eigenvalue weighted by Gasteiger charge is -2.12. The van der Waals surface area contributed by atoms with E-state index < -0.39 is 6.10 Å². The van der Waals surface area contributed by atoms with E-state index in [4.69, 9.17) is 14.6 Å². The van der Waals surface area contributed by atoms with E-state index in [0.717, 1.165) is 13.0 Å². The molecule has 0 aliphatic rings. The van der Waals surface area contributed by atoms with Crippen LogP contribution in [0, 0.1) is 0 Å². The molecule has 5 heteroatoms. The minimum atomic E-state index is -0.464. The van der Waals surface area contributed by atoms with Gasteiger partial charge in [0.2, 0.25) is 0 Å². The third kappa shape index (κ3) is 13.9. The zero-order valence-corrected chi connectivity index (χ0v) is 11.6. The number of hydrogen-bond donors (Lipinski definition) is 3. The van der Waals surface area contributed by atoms with Crippen molar-refractivity contribution >= 4 is 0 Å². The Labute approximate surface area is 110 Å². The van der Waals surface area contributed by atoms with Crippen molar-refractivity contribution in [2.24, 2.45) is 0 Å². The molecule has 0 rings (SSSR count). The molecule has 1 atom stereocenters. The van der Waals surface area contributed by atoms with Gasteiger partial charge in [0.05, 0.1) is 32.5 Å². The number of ether oxygens (including phenoxy) is 2. The summed E-state index contributed by atoms with van der Waals surface area (Å²) < 4.78 is 10.5. The van der Waals surface area contributed by atoms with Crippen molar-refractivity contribution in [1.82, 2.24) is 5.32 Å². The lowest BCUT2D eigenvalue weighted by atomic mass is 10.2. The van der Waals surface area contributed by atoms with Crippen LogP contribution >= 0.6 is 0 Å². The van der Waals surface area contributed by atoms with Gasteiger partial charge in [-0.2, -0.15) is 0 Å². The smallest absolute Gasteiger partial charge is 0.0897 e. The van der Waals surface area contributed by atoms with Crippen LogP contribution in [0.1, 0.15) is 32.6 Å². The van der Waals surface area contributed by atoms with Crippen LogP contribution in [0.15, 0.2) is 0 Å². The Morgan fingerprint density at radius 3 is 2.61 bits per heavy atom. The second-order valence-electron chi connectivity index (χ2n) is 4.33. The van der Waals surface area contributed by atoms with Crippen LogP contribution in [0.4, 0.5) is 0 Å². The molecule has 0 saturated carbocycles. The van der Waals surface area contributed by atoms with Gasteiger partial charge in [-0.3, -0.25) is 0 Å². The van der Waals surface area contributed by atoms with Crippen molar-refractivity contribution in [3.8, 4) is 0 Å². The summed E-state index contributed by atoms with van der Waals surface area (Å²) in [7, 11) is 0. The zero-order valence-electron chi connectivity index (χ0n) is 11.6. The van der Waals surface area contributed by atoms with Crippen LogP contribution in [0.2, 0.25) is 0 Å². The van der Waals surface area contributed by atoms with E-state index in [1.165, 1.54) is 19.3 Å². The summed E-state index contributed by atoms with van der Waals surface area (Å²) in [6, 6.07) is 0. The first-order valence-corrected chi connectivity index (χ1v) is 6.96. The van der Waals surface area contributed by atoms with Crippen molar-refractivity contribution in [1.29, 1.82) is 0 Å². The molecular weight excluding hydrogens is 234 g/mol. The van der Waals surface area contributed by atoms with Gasteiger partial charge in [0.15, 0.2) is 0 Å². The lowest BCUT2D eigenvalue weighted by molar-refractivity contribution is 0.0336. The van der Waals surface area contributed by atoms with Crippen molar-refractivity contribution in [2.75, 3.05) is 46.1 Å². The average Bonchev–Trinajstić information content (AvgIpc) is 2.38. The highest BCUT2D eigenvalue weighted by molar-refractivity contribution is 4.58. The molecule has 0 aromatic rings. The molecule has 0 spiro atoms. The summed E-state index contributed by atoms with van der Waals surface area (Å²) in [4.78, 5) is 0. The van der Waals surface area contributed by atoms with Crippen molar-refractivity contribution in [3.63, 3.8) is 0 Å². The maximum Gasteiger partial charge on any atom is 0.0897 e. The molecule has 0 saturated heterocycles. The molecule has 0 amide bonds. The molecule has 0 bridgehead atoms. The normalized spacial score (nSPS) is 12.8. The van der Waals surface area contributed by atoms with E-state index in [9.17, 15) is 5.11 Å². The topological polar surface area (TPSA) is 71.0 Å². The standard InChI is InChI=1S/C13H29NO4/c1-2-3-4-5-8-18-12-13(16)11-14-6-9-17-10-7-15/h13-16H,2-12H2,1H3/t13-/m1/s1. The molecule has 0 fully saturated rings. The van der Waals surface area contributed by atoms with Gasteiger partial charge in [-0.05, 0) is 6.42 Å². The van der Waals surface area contributed by atoms with Crippen molar-refractivity contribution in [3.05, 3.63) is 0 Å². The maximum absolute atomic E-state index is 9.59. The van der Waals surface area contributed by atoms with Gasteiger partial charge < -0.3 is 25.0 Å². The average molecular weight is 263 g/mol. The Kier molecular flexibility index (Phi) is 14.7. The Balaban J connectivity index is 3.10. The summed E-state index contributed by atoms with van der Waals surface area (Å²) in [5, 5.41) is 21.1. The Hall–Kier alpha value is -0.200. The number of unbranched alkanes of at least 4 members (excludes halogenated alkanes) is 3. The van der Waals surface area contributed by atoms with Gasteiger partial charge in [-0.1, -0.05) is 26.2 Å². The van der Waals surface area contributed by atoms with Gasteiger partial charge >= 0.3 is 0 Å². The summed E-state index contributed by atoms with van der Waals surface area (Å²) in [6.45, 7) is 5.45. The molecule has 0 aliphatic heterocycles. The quantitative estimate of drug-likeness (QED) is 0.399. The Bertz CT molecular complexity index is 142. The minimum Gasteiger partial charge on any atom is -0.394 e. The highest BCUT2D eigenvalue weighted by Gasteiger charge is 2.03. The molecule has 3 N–H and O–H groups in total. The first-order valence-electron chi connectivity index (χ1n) is 6.96. The minimum absolute atomic E-state index is 0.0501. The first kappa shape index (κ1) is 17.8. The third-order valence-corrected chi connectivity index (χ3v) is 2.49. The van der Waals surface area contributed by atoms with Gasteiger partial charge in [0.1, 0.15) is 0 Å². The highest BCUT2D eigenvalue weighted by atomic mass is 16.5. The highest BCUT2D eigenvalue weighted by Crippen LogP contribution is 1.99. The molecule has 5 nitrogen and oxygen atoms in total. The fourth-order valence-corrected chi connectivity index (χ4v) is 1.49. The van der Waals surface area contributed by atoms with E-state index in [1.54, 1.807) is 0 Å². The van der Waals surface area contributed by atoms with E-state index >= 15 is 0 Å². The molecule has 0 radical (unpaired) electrons. The molecule has 18 heavy (non-hydrogen) atoms. The number of nitrogens with one attached hydrogen (secondary N) is 1. The number of aliphatic hydroxyl groups excluding tert-OH is 2. The zero-order chi connectivity index (χ0) is 13.5. The summed E-state index contributed by atoms with van der Waals surface area (Å²) in [5.41, 5.74) is 0. The molecule has 0 aliphatic carbocycles. The second-order valence-corrected chi connectivity index (χ2v) is 4.33. The number of hydrogen-bond acceptors (Lipinski definition) is 5. The fraction of sp³-hybridized carbons (Fsp3) is 1.00. The predicted molar refractivity (Wildman–Crippen MR) is 71.7 cm³/mol. The van der Waals surface area contributed by atoms with Gasteiger partial charge in [0, 0.05) is 19.7 Å². The van der Waals surface area contributed by atoms with Crippen LogP contribution in [-0.2, 0) is 9.47 Å². The fourth-order valence-electron chi connectivity index (χ4n) is 1.49. The summed E-state index contributed by atoms with van der Waals surface area (Å²) in [5.74, 6) is 0. The SMILES string of the molecule is CCCCCCOC[C@H](O)CNCCOCCO. The van der Waals surface area contributed by atoms with Crippen molar-refractivity contribution in [2.45, 2.75) is 38.7 Å². The van der Waals surface area contributed by atoms with E-state index in [2.05, 4.69) is 12.2 Å². The Morgan fingerprint density at radius 1 is 1.06 bits per heavy atom. The van der Waals surface area contributed by atoms with Crippen LogP contribution in [0.5, 0.6) is 0 Å². The van der Waals surface area contributed by atoms with Crippen molar-refractivity contribution < 1.29 is 19.7 Å². The Morgan fingerprint density at radius 2 is 1.89 bits per heavy atom. The number of rotatable bonds is 14. The second kappa shape index (κ2) is 14.9. The molecule has 0 heterocycles. The third-order valence-electron chi connectivity index (χ3n) is 2.49. The summed E-state index contributed by atoms with van der Waals surface area (Å²) >= 11 is 0. The molecular formula is C13H29NO4. The van der Waals surface area contributed by atoms with E-state index in [-0.39, 0.29) is 6.61 Å². The molecule has 0 aromatic carbocycles. The largest absolute Gasteiger partial charge is 0.394 e.